The summed E-state index contributed by atoms with van der Waals surface area (Å²) < 4.78 is 46.8. The van der Waals surface area contributed by atoms with E-state index in [-0.39, 0.29) is 12.8 Å². The van der Waals surface area contributed by atoms with Gasteiger partial charge in [0.05, 0.1) is 6.10 Å². The zero-order valence-electron chi connectivity index (χ0n) is 17.2. The second-order valence-electron chi connectivity index (χ2n) is 9.93. The van der Waals surface area contributed by atoms with Crippen molar-refractivity contribution in [2.24, 2.45) is 28.6 Å². The van der Waals surface area contributed by atoms with Crippen LogP contribution in [-0.4, -0.2) is 57.0 Å². The fourth-order valence-electron chi connectivity index (χ4n) is 7.35. The molecule has 0 saturated heterocycles. The Balaban J connectivity index is 1.89. The van der Waals surface area contributed by atoms with Crippen molar-refractivity contribution in [2.45, 2.75) is 63.6 Å². The van der Waals surface area contributed by atoms with E-state index < -0.39 is 88.1 Å². The van der Waals surface area contributed by atoms with Crippen molar-refractivity contribution in [1.29, 1.82) is 0 Å². The molecule has 0 heterocycles. The quantitative estimate of drug-likeness (QED) is 0.627. The van der Waals surface area contributed by atoms with Crippen LogP contribution in [0.2, 0.25) is 0 Å². The SMILES string of the molecule is C[C@@H]1C[C@H]2[C@@H]3C[C@H](F)C4=C(F)C(=O)C=C[C@]4(C)[C@@]3(F)[C@@H](O)C[C@]2(C)[C@@]1(O)C(=O)CO. The molecule has 0 aromatic rings. The summed E-state index contributed by atoms with van der Waals surface area (Å²) in [5.74, 6) is -5.62. The molecule has 5 nitrogen and oxygen atoms in total. The fraction of sp³-hybridized carbons (Fsp3) is 0.727. The van der Waals surface area contributed by atoms with Crippen molar-refractivity contribution >= 4 is 11.6 Å². The second kappa shape index (κ2) is 6.26. The molecule has 0 unspecified atom stereocenters. The molecule has 0 aliphatic heterocycles. The summed E-state index contributed by atoms with van der Waals surface area (Å²) in [6, 6.07) is 0. The highest BCUT2D eigenvalue weighted by atomic mass is 19.2. The smallest absolute Gasteiger partial charge is 0.213 e. The number of ketones is 2. The van der Waals surface area contributed by atoms with Gasteiger partial charge in [0.1, 0.15) is 18.4 Å². The van der Waals surface area contributed by atoms with Gasteiger partial charge in [0.2, 0.25) is 5.78 Å². The van der Waals surface area contributed by atoms with Crippen molar-refractivity contribution in [3.8, 4) is 0 Å². The molecule has 4 rings (SSSR count). The van der Waals surface area contributed by atoms with Crippen LogP contribution in [0.15, 0.2) is 23.6 Å². The molecule has 0 aromatic heterocycles. The Morgan fingerprint density at radius 1 is 1.27 bits per heavy atom. The lowest BCUT2D eigenvalue weighted by Gasteiger charge is -2.63. The van der Waals surface area contributed by atoms with E-state index in [1.54, 1.807) is 13.8 Å². The summed E-state index contributed by atoms with van der Waals surface area (Å²) in [7, 11) is 0. The van der Waals surface area contributed by atoms with E-state index in [1.807, 2.05) is 0 Å². The largest absolute Gasteiger partial charge is 0.390 e. The minimum Gasteiger partial charge on any atom is -0.390 e. The van der Waals surface area contributed by atoms with E-state index in [1.165, 1.54) is 6.92 Å². The molecule has 9 atom stereocenters. The summed E-state index contributed by atoms with van der Waals surface area (Å²) in [6.07, 6.45) is -2.27. The average molecular weight is 428 g/mol. The molecule has 0 bridgehead atoms. The monoisotopic (exact) mass is 428 g/mol. The summed E-state index contributed by atoms with van der Waals surface area (Å²) >= 11 is 0. The van der Waals surface area contributed by atoms with Crippen LogP contribution in [0.3, 0.4) is 0 Å². The number of alkyl halides is 2. The first-order valence-corrected chi connectivity index (χ1v) is 10.3. The molecular weight excluding hydrogens is 401 g/mol. The minimum atomic E-state index is -2.49. The molecule has 166 valence electrons. The van der Waals surface area contributed by atoms with E-state index in [9.17, 15) is 29.3 Å². The zero-order chi connectivity index (χ0) is 22.4. The highest BCUT2D eigenvalue weighted by molar-refractivity contribution is 6.04. The van der Waals surface area contributed by atoms with Crippen LogP contribution in [-0.2, 0) is 9.59 Å². The molecule has 3 N–H and O–H groups in total. The van der Waals surface area contributed by atoms with Gasteiger partial charge in [-0.3, -0.25) is 9.59 Å². The predicted octanol–water partition coefficient (Wildman–Crippen LogP) is 2.14. The number of fused-ring (bicyclic) bond motifs is 5. The molecule has 3 fully saturated rings. The van der Waals surface area contributed by atoms with Gasteiger partial charge >= 0.3 is 0 Å². The summed E-state index contributed by atoms with van der Waals surface area (Å²) in [4.78, 5) is 24.3. The van der Waals surface area contributed by atoms with Gasteiger partial charge in [0.25, 0.3) is 0 Å². The first-order chi connectivity index (χ1) is 13.8. The standard InChI is InChI=1S/C22H27F3O5/c1-10-6-11-12-7-13(23)17-18(24)14(27)4-5-19(17,2)21(12,25)15(28)8-20(11,3)22(10,30)16(29)9-26/h4-5,10-13,15,26,28,30H,6-9H2,1-3H3/t10-,11+,12+,13+,15+,19+,20+,21+,22+/m1/s1. The van der Waals surface area contributed by atoms with Gasteiger partial charge in [0.15, 0.2) is 17.3 Å². The lowest BCUT2D eigenvalue weighted by Crippen LogP contribution is -2.70. The Bertz CT molecular complexity index is 886. The number of hydrogen-bond acceptors (Lipinski definition) is 5. The van der Waals surface area contributed by atoms with E-state index in [0.717, 1.165) is 12.2 Å². The number of rotatable bonds is 2. The van der Waals surface area contributed by atoms with Crippen molar-refractivity contribution < 1.29 is 38.1 Å². The van der Waals surface area contributed by atoms with Crippen LogP contribution < -0.4 is 0 Å². The Morgan fingerprint density at radius 3 is 2.50 bits per heavy atom. The van der Waals surface area contributed by atoms with Crippen molar-refractivity contribution in [2.75, 3.05) is 6.61 Å². The van der Waals surface area contributed by atoms with Crippen LogP contribution in [0.25, 0.3) is 0 Å². The maximum Gasteiger partial charge on any atom is 0.213 e. The van der Waals surface area contributed by atoms with Gasteiger partial charge < -0.3 is 15.3 Å². The van der Waals surface area contributed by atoms with Gasteiger partial charge in [-0.25, -0.2) is 13.2 Å². The number of allylic oxidation sites excluding steroid dienone is 4. The molecule has 0 amide bonds. The zero-order valence-corrected chi connectivity index (χ0v) is 17.2. The number of carbonyl (C=O) groups is 2. The maximum absolute atomic E-state index is 16.9. The van der Waals surface area contributed by atoms with Crippen LogP contribution in [0, 0.1) is 28.6 Å². The number of halogens is 3. The van der Waals surface area contributed by atoms with Gasteiger partial charge in [0, 0.05) is 22.3 Å². The van der Waals surface area contributed by atoms with Gasteiger partial charge in [-0.1, -0.05) is 19.9 Å². The third-order valence-electron chi connectivity index (χ3n) is 8.86. The molecule has 0 spiro atoms. The Labute approximate surface area is 172 Å². The molecule has 30 heavy (non-hydrogen) atoms. The third kappa shape index (κ3) is 2.15. The third-order valence-corrected chi connectivity index (χ3v) is 8.86. The van der Waals surface area contributed by atoms with Crippen LogP contribution in [0.5, 0.6) is 0 Å². The first kappa shape index (κ1) is 21.7. The molecule has 4 aliphatic carbocycles. The topological polar surface area (TPSA) is 94.8 Å². The molecule has 0 radical (unpaired) electrons. The summed E-state index contributed by atoms with van der Waals surface area (Å²) in [6.45, 7) is 3.57. The van der Waals surface area contributed by atoms with Gasteiger partial charge in [-0.05, 0) is 44.1 Å². The van der Waals surface area contributed by atoms with Crippen molar-refractivity contribution in [3.63, 3.8) is 0 Å². The number of aliphatic hydroxyl groups excluding tert-OH is 2. The molecule has 4 aliphatic rings. The average Bonchev–Trinajstić information content (AvgIpc) is 2.88. The molecular formula is C22H27F3O5. The van der Waals surface area contributed by atoms with Crippen molar-refractivity contribution in [1.82, 2.24) is 0 Å². The fourth-order valence-corrected chi connectivity index (χ4v) is 7.35. The lowest BCUT2D eigenvalue weighted by atomic mass is 9.44. The summed E-state index contributed by atoms with van der Waals surface area (Å²) in [5, 5.41) is 31.8. The first-order valence-electron chi connectivity index (χ1n) is 10.3. The Morgan fingerprint density at radius 2 is 1.90 bits per heavy atom. The molecule has 8 heteroatoms. The van der Waals surface area contributed by atoms with E-state index >= 15 is 8.78 Å². The maximum atomic E-state index is 16.9. The number of carbonyl (C=O) groups excluding carboxylic acids is 2. The summed E-state index contributed by atoms with van der Waals surface area (Å²) in [5.41, 5.74) is -8.24. The second-order valence-corrected chi connectivity index (χ2v) is 9.93. The minimum absolute atomic E-state index is 0.189. The van der Waals surface area contributed by atoms with Gasteiger partial charge in [-0.15, -0.1) is 0 Å². The molecule has 3 saturated carbocycles. The van der Waals surface area contributed by atoms with E-state index in [2.05, 4.69) is 0 Å². The molecule has 0 aromatic carbocycles. The lowest BCUT2D eigenvalue weighted by molar-refractivity contribution is -0.224. The van der Waals surface area contributed by atoms with Crippen LogP contribution in [0.1, 0.15) is 40.0 Å². The van der Waals surface area contributed by atoms with Crippen LogP contribution in [0.4, 0.5) is 13.2 Å². The highest BCUT2D eigenvalue weighted by Crippen LogP contribution is 2.71. The highest BCUT2D eigenvalue weighted by Gasteiger charge is 2.76. The predicted molar refractivity (Wildman–Crippen MR) is 100 cm³/mol. The van der Waals surface area contributed by atoms with Gasteiger partial charge in [-0.2, -0.15) is 0 Å². The number of Topliss-reactive ketones (excluding diaryl/α,β-unsaturated/α-hetero) is 1. The number of hydrogen-bond donors (Lipinski definition) is 3. The Kier molecular flexibility index (Phi) is 4.53. The normalized spacial score (nSPS) is 52.7. The van der Waals surface area contributed by atoms with E-state index in [0.29, 0.717) is 0 Å². The Hall–Kier alpha value is -1.51. The van der Waals surface area contributed by atoms with Crippen LogP contribution >= 0.6 is 0 Å². The van der Waals surface area contributed by atoms with Crippen molar-refractivity contribution in [3.05, 3.63) is 23.6 Å². The number of aliphatic hydroxyl groups is 3. The van der Waals surface area contributed by atoms with E-state index in [4.69, 9.17) is 0 Å².